The minimum Gasteiger partial charge on any atom is -0.406 e. The molecule has 8 heteroatoms. The molecule has 4 nitrogen and oxygen atoms in total. The normalized spacial score (nSPS) is 16.6. The zero-order valence-electron chi connectivity index (χ0n) is 12.9. The summed E-state index contributed by atoms with van der Waals surface area (Å²) in [6, 6.07) is 5.25. The third-order valence-electron chi connectivity index (χ3n) is 3.56. The highest BCUT2D eigenvalue weighted by molar-refractivity contribution is 7.80. The van der Waals surface area contributed by atoms with Crippen LogP contribution >= 0.6 is 12.6 Å². The van der Waals surface area contributed by atoms with E-state index in [1.807, 2.05) is 0 Å². The van der Waals surface area contributed by atoms with E-state index in [0.29, 0.717) is 4.90 Å². The van der Waals surface area contributed by atoms with Crippen LogP contribution in [0.3, 0.4) is 0 Å². The second-order valence-corrected chi connectivity index (χ2v) is 5.87. The van der Waals surface area contributed by atoms with Crippen LogP contribution in [0.4, 0.5) is 13.2 Å². The van der Waals surface area contributed by atoms with E-state index in [1.54, 1.807) is 0 Å². The van der Waals surface area contributed by atoms with Gasteiger partial charge in [-0.1, -0.05) is 0 Å². The second kappa shape index (κ2) is 10.0. The summed E-state index contributed by atoms with van der Waals surface area (Å²) in [5, 5.41) is 0. The molecule has 0 aliphatic carbocycles. The van der Waals surface area contributed by atoms with Gasteiger partial charge >= 0.3 is 6.36 Å². The van der Waals surface area contributed by atoms with Gasteiger partial charge in [-0.2, -0.15) is 0 Å². The number of hydrogen-bond donors (Lipinski definition) is 3. The molecule has 1 aliphatic heterocycles. The molecule has 0 aromatic heterocycles. The number of benzene rings is 1. The Labute approximate surface area is 140 Å². The number of halogens is 3. The van der Waals surface area contributed by atoms with Crippen molar-refractivity contribution in [1.29, 1.82) is 0 Å². The summed E-state index contributed by atoms with van der Waals surface area (Å²) in [5.74, 6) is 0.532. The van der Waals surface area contributed by atoms with Crippen LogP contribution in [0.25, 0.3) is 0 Å². The minimum atomic E-state index is -4.63. The Morgan fingerprint density at radius 3 is 2.13 bits per heavy atom. The van der Waals surface area contributed by atoms with Crippen LogP contribution < -0.4 is 16.2 Å². The molecule has 4 N–H and O–H groups in total. The highest BCUT2D eigenvalue weighted by Crippen LogP contribution is 2.23. The van der Waals surface area contributed by atoms with Gasteiger partial charge in [-0.15, -0.1) is 25.8 Å². The SMILES string of the molecule is FC(F)(F)Oc1ccc(S)cc1.NCCN1CCC(CN)CC1. The van der Waals surface area contributed by atoms with Crippen molar-refractivity contribution in [2.24, 2.45) is 17.4 Å². The molecule has 0 atom stereocenters. The van der Waals surface area contributed by atoms with Crippen molar-refractivity contribution in [3.05, 3.63) is 24.3 Å². The first-order valence-electron chi connectivity index (χ1n) is 7.51. The average molecular weight is 351 g/mol. The van der Waals surface area contributed by atoms with Crippen molar-refractivity contribution < 1.29 is 17.9 Å². The maximum Gasteiger partial charge on any atom is 0.573 e. The number of alkyl halides is 3. The summed E-state index contributed by atoms with van der Waals surface area (Å²) in [6.45, 7) is 5.08. The summed E-state index contributed by atoms with van der Waals surface area (Å²) >= 11 is 3.91. The molecule has 2 rings (SSSR count). The fraction of sp³-hybridized carbons (Fsp3) is 0.600. The summed E-state index contributed by atoms with van der Waals surface area (Å²) in [4.78, 5) is 3.01. The van der Waals surface area contributed by atoms with E-state index in [4.69, 9.17) is 11.5 Å². The predicted octanol–water partition coefficient (Wildman–Crippen LogP) is 2.49. The Bertz CT molecular complexity index is 435. The average Bonchev–Trinajstić information content (AvgIpc) is 2.50. The molecule has 1 fully saturated rings. The van der Waals surface area contributed by atoms with Gasteiger partial charge in [0, 0.05) is 18.0 Å². The first-order valence-corrected chi connectivity index (χ1v) is 7.96. The van der Waals surface area contributed by atoms with E-state index in [-0.39, 0.29) is 5.75 Å². The lowest BCUT2D eigenvalue weighted by atomic mass is 9.97. The number of nitrogens with two attached hydrogens (primary N) is 2. The highest BCUT2D eigenvalue weighted by Gasteiger charge is 2.30. The zero-order valence-corrected chi connectivity index (χ0v) is 13.8. The number of ether oxygens (including phenoxy) is 1. The van der Waals surface area contributed by atoms with Crippen molar-refractivity contribution in [3.63, 3.8) is 0 Å². The van der Waals surface area contributed by atoms with Crippen LogP contribution in [0.2, 0.25) is 0 Å². The molecular weight excluding hydrogens is 327 g/mol. The summed E-state index contributed by atoms with van der Waals surface area (Å²) in [5.41, 5.74) is 11.0. The van der Waals surface area contributed by atoms with Crippen molar-refractivity contribution in [2.75, 3.05) is 32.7 Å². The lowest BCUT2D eigenvalue weighted by Crippen LogP contribution is -2.38. The Kier molecular flexibility index (Phi) is 8.75. The fourth-order valence-corrected chi connectivity index (χ4v) is 2.43. The van der Waals surface area contributed by atoms with Crippen molar-refractivity contribution in [1.82, 2.24) is 4.90 Å². The predicted molar refractivity (Wildman–Crippen MR) is 87.6 cm³/mol. The monoisotopic (exact) mass is 351 g/mol. The van der Waals surface area contributed by atoms with Crippen LogP contribution in [0.15, 0.2) is 29.2 Å². The van der Waals surface area contributed by atoms with Crippen LogP contribution in [0.1, 0.15) is 12.8 Å². The van der Waals surface area contributed by atoms with E-state index in [9.17, 15) is 13.2 Å². The Morgan fingerprint density at radius 2 is 1.70 bits per heavy atom. The number of likely N-dealkylation sites (tertiary alicyclic amines) is 1. The number of thiol groups is 1. The molecular formula is C15H24F3N3OS. The number of hydrogen-bond acceptors (Lipinski definition) is 5. The van der Waals surface area contributed by atoms with Gasteiger partial charge in [0.05, 0.1) is 0 Å². The zero-order chi connectivity index (χ0) is 17.3. The maximum atomic E-state index is 11.6. The van der Waals surface area contributed by atoms with Crippen LogP contribution in [-0.2, 0) is 0 Å². The maximum absolute atomic E-state index is 11.6. The molecule has 0 bridgehead atoms. The molecule has 0 spiro atoms. The molecule has 0 radical (unpaired) electrons. The van der Waals surface area contributed by atoms with Crippen molar-refractivity contribution >= 4 is 12.6 Å². The summed E-state index contributed by atoms with van der Waals surface area (Å²) in [7, 11) is 0. The molecule has 1 saturated heterocycles. The number of nitrogens with zero attached hydrogens (tertiary/aromatic N) is 1. The Morgan fingerprint density at radius 1 is 1.13 bits per heavy atom. The number of rotatable bonds is 4. The number of piperidine rings is 1. The van der Waals surface area contributed by atoms with Gasteiger partial charge in [0.1, 0.15) is 5.75 Å². The minimum absolute atomic E-state index is 0.236. The largest absolute Gasteiger partial charge is 0.573 e. The van der Waals surface area contributed by atoms with Gasteiger partial charge in [0.25, 0.3) is 0 Å². The lowest BCUT2D eigenvalue weighted by molar-refractivity contribution is -0.274. The van der Waals surface area contributed by atoms with Crippen LogP contribution in [0, 0.1) is 5.92 Å². The molecule has 1 aromatic rings. The third kappa shape index (κ3) is 9.04. The van der Waals surface area contributed by atoms with Crippen LogP contribution in [-0.4, -0.2) is 44.0 Å². The molecule has 1 aromatic carbocycles. The standard InChI is InChI=1S/C8H19N3.C7H5F3OS/c9-3-6-11-4-1-8(7-10)2-5-11;8-7(9,10)11-5-1-3-6(12)4-2-5/h8H,1-7,9-10H2;1-4,12H. The molecule has 0 unspecified atom stereocenters. The van der Waals surface area contributed by atoms with Gasteiger partial charge in [-0.3, -0.25) is 0 Å². The van der Waals surface area contributed by atoms with E-state index in [1.165, 1.54) is 50.2 Å². The third-order valence-corrected chi connectivity index (χ3v) is 3.85. The Balaban J connectivity index is 0.000000231. The molecule has 0 saturated carbocycles. The topological polar surface area (TPSA) is 64.5 Å². The van der Waals surface area contributed by atoms with E-state index in [2.05, 4.69) is 22.3 Å². The summed E-state index contributed by atoms with van der Waals surface area (Å²) in [6.07, 6.45) is -2.11. The molecule has 0 amide bonds. The molecule has 23 heavy (non-hydrogen) atoms. The van der Waals surface area contributed by atoms with Gasteiger partial charge in [-0.25, -0.2) is 0 Å². The highest BCUT2D eigenvalue weighted by atomic mass is 32.1. The summed E-state index contributed by atoms with van der Waals surface area (Å²) < 4.78 is 38.4. The van der Waals surface area contributed by atoms with Gasteiger partial charge in [0.2, 0.25) is 0 Å². The van der Waals surface area contributed by atoms with Gasteiger partial charge < -0.3 is 21.1 Å². The fourth-order valence-electron chi connectivity index (χ4n) is 2.28. The first-order chi connectivity index (χ1) is 10.8. The van der Waals surface area contributed by atoms with Crippen molar-refractivity contribution in [2.45, 2.75) is 24.1 Å². The Hall–Kier alpha value is -0.960. The molecule has 1 heterocycles. The second-order valence-electron chi connectivity index (χ2n) is 5.35. The van der Waals surface area contributed by atoms with Crippen molar-refractivity contribution in [3.8, 4) is 5.75 Å². The smallest absolute Gasteiger partial charge is 0.406 e. The first kappa shape index (κ1) is 20.1. The molecule has 132 valence electrons. The van der Waals surface area contributed by atoms with Gasteiger partial charge in [0.15, 0.2) is 0 Å². The molecule has 1 aliphatic rings. The van der Waals surface area contributed by atoms with Crippen LogP contribution in [0.5, 0.6) is 5.75 Å². The van der Waals surface area contributed by atoms with E-state index in [0.717, 1.165) is 25.6 Å². The van der Waals surface area contributed by atoms with E-state index >= 15 is 0 Å². The lowest BCUT2D eigenvalue weighted by Gasteiger charge is -2.30. The van der Waals surface area contributed by atoms with E-state index < -0.39 is 6.36 Å². The van der Waals surface area contributed by atoms with Gasteiger partial charge in [-0.05, 0) is 62.7 Å². The quantitative estimate of drug-likeness (QED) is 0.730.